The first-order chi connectivity index (χ1) is 14.8. The van der Waals surface area contributed by atoms with E-state index < -0.39 is 5.60 Å². The van der Waals surface area contributed by atoms with Gasteiger partial charge >= 0.3 is 0 Å². The molecule has 2 N–H and O–H groups in total. The van der Waals surface area contributed by atoms with E-state index in [1.165, 1.54) is 0 Å². The van der Waals surface area contributed by atoms with Crippen LogP contribution in [-0.4, -0.2) is 66.3 Å². The number of aliphatic hydroxyl groups is 1. The number of aromatic nitrogens is 1. The van der Waals surface area contributed by atoms with Crippen molar-refractivity contribution in [2.24, 2.45) is 5.92 Å². The SMILES string of the molecule is CC1CCCC(O)(CNC(=O)c2c(Cl)ccc3nc(N4CC[C@H](N(C)C)C4)ccc23)C1. The van der Waals surface area contributed by atoms with Gasteiger partial charge in [-0.2, -0.15) is 0 Å². The average molecular weight is 445 g/mol. The Balaban J connectivity index is 1.53. The summed E-state index contributed by atoms with van der Waals surface area (Å²) in [7, 11) is 4.22. The normalized spacial score (nSPS) is 26.6. The molecular weight excluding hydrogens is 412 g/mol. The van der Waals surface area contributed by atoms with E-state index in [1.807, 2.05) is 18.2 Å². The van der Waals surface area contributed by atoms with Crippen LogP contribution < -0.4 is 10.2 Å². The first-order valence-electron chi connectivity index (χ1n) is 11.3. The Morgan fingerprint density at radius 2 is 2.13 bits per heavy atom. The molecule has 0 spiro atoms. The summed E-state index contributed by atoms with van der Waals surface area (Å²) in [4.78, 5) is 22.4. The van der Waals surface area contributed by atoms with Gasteiger partial charge < -0.3 is 20.2 Å². The van der Waals surface area contributed by atoms with E-state index >= 15 is 0 Å². The Morgan fingerprint density at radius 1 is 1.32 bits per heavy atom. The topological polar surface area (TPSA) is 68.7 Å². The maximum absolute atomic E-state index is 13.1. The smallest absolute Gasteiger partial charge is 0.253 e. The van der Waals surface area contributed by atoms with Crippen LogP contribution in [0.4, 0.5) is 5.82 Å². The van der Waals surface area contributed by atoms with Crippen LogP contribution in [-0.2, 0) is 0 Å². The van der Waals surface area contributed by atoms with E-state index in [0.29, 0.717) is 29.0 Å². The van der Waals surface area contributed by atoms with Gasteiger partial charge in [0, 0.05) is 31.1 Å². The molecule has 2 aromatic rings. The molecule has 6 nitrogen and oxygen atoms in total. The summed E-state index contributed by atoms with van der Waals surface area (Å²) in [6.07, 6.45) is 4.66. The highest BCUT2D eigenvalue weighted by atomic mass is 35.5. The lowest BCUT2D eigenvalue weighted by atomic mass is 9.79. The highest BCUT2D eigenvalue weighted by Crippen LogP contribution is 2.32. The first kappa shape index (κ1) is 22.3. The minimum atomic E-state index is -0.839. The maximum Gasteiger partial charge on any atom is 0.253 e. The Morgan fingerprint density at radius 3 is 2.84 bits per heavy atom. The van der Waals surface area contributed by atoms with Gasteiger partial charge in [0.05, 0.1) is 21.7 Å². The van der Waals surface area contributed by atoms with E-state index in [4.69, 9.17) is 16.6 Å². The second-order valence-corrected chi connectivity index (χ2v) is 10.0. The molecule has 1 aromatic heterocycles. The number of carbonyl (C=O) groups excluding carboxylic acids is 1. The van der Waals surface area contributed by atoms with Gasteiger partial charge in [-0.1, -0.05) is 31.4 Å². The van der Waals surface area contributed by atoms with Crippen LogP contribution in [0.2, 0.25) is 5.02 Å². The molecular formula is C24H33ClN4O2. The van der Waals surface area contributed by atoms with Gasteiger partial charge in [-0.3, -0.25) is 4.79 Å². The van der Waals surface area contributed by atoms with E-state index in [-0.39, 0.29) is 12.5 Å². The van der Waals surface area contributed by atoms with Gasteiger partial charge in [0.25, 0.3) is 5.91 Å². The van der Waals surface area contributed by atoms with Crippen LogP contribution in [0.15, 0.2) is 24.3 Å². The summed E-state index contributed by atoms with van der Waals surface area (Å²) in [5, 5.41) is 14.9. The van der Waals surface area contributed by atoms with Gasteiger partial charge in [-0.05, 0) is 63.5 Å². The molecule has 3 atom stereocenters. The highest BCUT2D eigenvalue weighted by Gasteiger charge is 2.33. The summed E-state index contributed by atoms with van der Waals surface area (Å²) in [5.74, 6) is 1.14. The van der Waals surface area contributed by atoms with Crippen molar-refractivity contribution in [3.05, 3.63) is 34.9 Å². The van der Waals surface area contributed by atoms with Crippen LogP contribution in [0.25, 0.3) is 10.9 Å². The Kier molecular flexibility index (Phi) is 6.42. The molecule has 31 heavy (non-hydrogen) atoms. The summed E-state index contributed by atoms with van der Waals surface area (Å²) < 4.78 is 0. The molecule has 2 unspecified atom stereocenters. The summed E-state index contributed by atoms with van der Waals surface area (Å²) >= 11 is 6.43. The van der Waals surface area contributed by atoms with Crippen molar-refractivity contribution in [2.75, 3.05) is 38.6 Å². The molecule has 2 aliphatic rings. The number of likely N-dealkylation sites (N-methyl/N-ethyl adjacent to an activating group) is 1. The molecule has 7 heteroatoms. The molecule has 1 saturated heterocycles. The van der Waals surface area contributed by atoms with Crippen LogP contribution in [0.1, 0.15) is 49.4 Å². The van der Waals surface area contributed by atoms with Crippen LogP contribution in [0, 0.1) is 5.92 Å². The van der Waals surface area contributed by atoms with Crippen LogP contribution in [0.5, 0.6) is 0 Å². The van der Waals surface area contributed by atoms with Crippen LogP contribution in [0.3, 0.4) is 0 Å². The molecule has 2 fully saturated rings. The third kappa shape index (κ3) is 4.81. The number of anilines is 1. The Bertz CT molecular complexity index is 966. The maximum atomic E-state index is 13.1. The number of nitrogens with one attached hydrogen (secondary N) is 1. The predicted octanol–water partition coefficient (Wildman–Crippen LogP) is 3.70. The van der Waals surface area contributed by atoms with Gasteiger partial charge in [0.15, 0.2) is 0 Å². The van der Waals surface area contributed by atoms with Crippen molar-refractivity contribution in [2.45, 2.75) is 50.7 Å². The quantitative estimate of drug-likeness (QED) is 0.735. The Labute approximate surface area is 189 Å². The van der Waals surface area contributed by atoms with Crippen molar-refractivity contribution in [1.82, 2.24) is 15.2 Å². The number of carbonyl (C=O) groups is 1. The second-order valence-electron chi connectivity index (χ2n) is 9.62. The number of halogens is 1. The standard InChI is InChI=1S/C24H33ClN4O2/c1-16-5-4-11-24(31,13-16)15-26-23(30)22-18-6-9-21(27-20(18)8-7-19(22)25)29-12-10-17(14-29)28(2)3/h6-9,16-17,31H,4-5,10-15H2,1-3H3,(H,26,30)/t16?,17-,24?/m0/s1. The fraction of sp³-hybridized carbons (Fsp3) is 0.583. The van der Waals surface area contributed by atoms with Gasteiger partial charge in [-0.25, -0.2) is 4.98 Å². The third-order valence-corrected chi connectivity index (χ3v) is 7.21. The van der Waals surface area contributed by atoms with Crippen molar-refractivity contribution >= 4 is 34.2 Å². The van der Waals surface area contributed by atoms with Crippen molar-refractivity contribution in [3.8, 4) is 0 Å². The second kappa shape index (κ2) is 8.93. The zero-order valence-corrected chi connectivity index (χ0v) is 19.5. The summed E-state index contributed by atoms with van der Waals surface area (Å²) in [6.45, 7) is 4.31. The van der Waals surface area contributed by atoms with Gasteiger partial charge in [0.2, 0.25) is 0 Å². The molecule has 0 radical (unpaired) electrons. The lowest BCUT2D eigenvalue weighted by molar-refractivity contribution is -0.0109. The minimum absolute atomic E-state index is 0.244. The molecule has 4 rings (SSSR count). The van der Waals surface area contributed by atoms with Crippen LogP contribution >= 0.6 is 11.6 Å². The number of nitrogens with zero attached hydrogens (tertiary/aromatic N) is 3. The average Bonchev–Trinajstić information content (AvgIpc) is 3.22. The van der Waals surface area contributed by atoms with E-state index in [2.05, 4.69) is 36.1 Å². The summed E-state index contributed by atoms with van der Waals surface area (Å²) in [5.41, 5.74) is 0.345. The molecule has 1 amide bonds. The Hall–Kier alpha value is -1.89. The first-order valence-corrected chi connectivity index (χ1v) is 11.6. The largest absolute Gasteiger partial charge is 0.388 e. The number of benzene rings is 1. The molecule has 1 aliphatic heterocycles. The molecule has 1 aliphatic carbocycles. The molecule has 2 heterocycles. The molecule has 168 valence electrons. The van der Waals surface area contributed by atoms with E-state index in [1.54, 1.807) is 6.07 Å². The fourth-order valence-corrected chi connectivity index (χ4v) is 5.32. The number of pyridine rings is 1. The lowest BCUT2D eigenvalue weighted by Gasteiger charge is -2.35. The monoisotopic (exact) mass is 444 g/mol. The van der Waals surface area contributed by atoms with Gasteiger partial charge in [-0.15, -0.1) is 0 Å². The van der Waals surface area contributed by atoms with Gasteiger partial charge in [0.1, 0.15) is 5.82 Å². The number of hydrogen-bond acceptors (Lipinski definition) is 5. The number of hydrogen-bond donors (Lipinski definition) is 2. The van der Waals surface area contributed by atoms with E-state index in [9.17, 15) is 9.90 Å². The number of rotatable bonds is 5. The highest BCUT2D eigenvalue weighted by molar-refractivity contribution is 6.35. The predicted molar refractivity (Wildman–Crippen MR) is 126 cm³/mol. The van der Waals surface area contributed by atoms with Crippen molar-refractivity contribution in [3.63, 3.8) is 0 Å². The molecule has 1 aromatic carbocycles. The molecule has 0 bridgehead atoms. The fourth-order valence-electron chi connectivity index (χ4n) is 5.07. The molecule has 1 saturated carbocycles. The number of fused-ring (bicyclic) bond motifs is 1. The minimum Gasteiger partial charge on any atom is -0.388 e. The van der Waals surface area contributed by atoms with Crippen molar-refractivity contribution in [1.29, 1.82) is 0 Å². The lowest BCUT2D eigenvalue weighted by Crippen LogP contribution is -2.45. The third-order valence-electron chi connectivity index (χ3n) is 6.90. The van der Waals surface area contributed by atoms with Crippen molar-refractivity contribution < 1.29 is 9.90 Å². The van der Waals surface area contributed by atoms with E-state index in [0.717, 1.165) is 55.5 Å². The number of amides is 1. The zero-order chi connectivity index (χ0) is 22.2. The zero-order valence-electron chi connectivity index (χ0n) is 18.7. The summed E-state index contributed by atoms with van der Waals surface area (Å²) in [6, 6.07) is 8.05.